The van der Waals surface area contributed by atoms with Gasteiger partial charge >= 0.3 is 0 Å². The standard InChI is InChI=1S/C15H14ClNO2/c16-9-11-1-5-13(6-2-11)15(19)17-10-12-3-7-14(18)8-4-12/h1-8,18H,9-10H2,(H,17,19). The first-order chi connectivity index (χ1) is 9.19. The molecule has 0 saturated carbocycles. The Labute approximate surface area is 116 Å². The van der Waals surface area contributed by atoms with Gasteiger partial charge in [-0.3, -0.25) is 4.79 Å². The maximum Gasteiger partial charge on any atom is 0.251 e. The highest BCUT2D eigenvalue weighted by Crippen LogP contribution is 2.10. The Kier molecular flexibility index (Phi) is 4.42. The predicted molar refractivity (Wildman–Crippen MR) is 75.3 cm³/mol. The van der Waals surface area contributed by atoms with Gasteiger partial charge in [-0.1, -0.05) is 24.3 Å². The van der Waals surface area contributed by atoms with E-state index in [1.807, 2.05) is 12.1 Å². The van der Waals surface area contributed by atoms with Crippen LogP contribution in [0.25, 0.3) is 0 Å². The van der Waals surface area contributed by atoms with Crippen LogP contribution in [0.2, 0.25) is 0 Å². The number of rotatable bonds is 4. The van der Waals surface area contributed by atoms with Gasteiger partial charge in [-0.25, -0.2) is 0 Å². The summed E-state index contributed by atoms with van der Waals surface area (Å²) in [6.45, 7) is 0.427. The molecule has 0 spiro atoms. The van der Waals surface area contributed by atoms with E-state index in [1.54, 1.807) is 36.4 Å². The molecule has 2 aromatic rings. The van der Waals surface area contributed by atoms with Crippen molar-refractivity contribution in [3.63, 3.8) is 0 Å². The van der Waals surface area contributed by atoms with E-state index in [9.17, 15) is 4.79 Å². The molecule has 4 heteroatoms. The van der Waals surface area contributed by atoms with Crippen LogP contribution >= 0.6 is 11.6 Å². The maximum absolute atomic E-state index is 11.9. The molecule has 0 fully saturated rings. The minimum absolute atomic E-state index is 0.130. The second-order valence-electron chi connectivity index (χ2n) is 4.18. The number of halogens is 1. The first-order valence-electron chi connectivity index (χ1n) is 5.90. The second-order valence-corrected chi connectivity index (χ2v) is 4.45. The molecule has 98 valence electrons. The number of hydrogen-bond donors (Lipinski definition) is 2. The number of phenolic OH excluding ortho intramolecular Hbond substituents is 1. The van der Waals surface area contributed by atoms with Crippen molar-refractivity contribution in [1.82, 2.24) is 5.32 Å². The average Bonchev–Trinajstić information content (AvgIpc) is 2.46. The molecule has 0 aliphatic heterocycles. The van der Waals surface area contributed by atoms with Crippen molar-refractivity contribution in [3.05, 3.63) is 65.2 Å². The molecule has 0 saturated heterocycles. The predicted octanol–water partition coefficient (Wildman–Crippen LogP) is 3.06. The number of nitrogens with one attached hydrogen (secondary N) is 1. The third-order valence-electron chi connectivity index (χ3n) is 2.76. The first-order valence-corrected chi connectivity index (χ1v) is 6.43. The van der Waals surface area contributed by atoms with Gasteiger partial charge in [0.25, 0.3) is 5.91 Å². The normalized spacial score (nSPS) is 10.2. The molecule has 0 bridgehead atoms. The molecule has 19 heavy (non-hydrogen) atoms. The van der Waals surface area contributed by atoms with Crippen molar-refractivity contribution < 1.29 is 9.90 Å². The molecule has 2 aromatic carbocycles. The molecule has 3 nitrogen and oxygen atoms in total. The number of carbonyl (C=O) groups excluding carboxylic acids is 1. The molecule has 0 radical (unpaired) electrons. The molecule has 1 amide bonds. The fourth-order valence-corrected chi connectivity index (χ4v) is 1.82. The minimum atomic E-state index is -0.130. The van der Waals surface area contributed by atoms with E-state index in [0.29, 0.717) is 18.0 Å². The Morgan fingerprint density at radius 3 is 2.16 bits per heavy atom. The molecular formula is C15H14ClNO2. The van der Waals surface area contributed by atoms with E-state index in [4.69, 9.17) is 16.7 Å². The lowest BCUT2D eigenvalue weighted by Crippen LogP contribution is -2.22. The Hall–Kier alpha value is -2.00. The zero-order chi connectivity index (χ0) is 13.7. The van der Waals surface area contributed by atoms with Crippen molar-refractivity contribution >= 4 is 17.5 Å². The van der Waals surface area contributed by atoms with Crippen LogP contribution in [0, 0.1) is 0 Å². The van der Waals surface area contributed by atoms with Gasteiger partial charge in [-0.15, -0.1) is 11.6 Å². The van der Waals surface area contributed by atoms with Crippen molar-refractivity contribution in [2.45, 2.75) is 12.4 Å². The largest absolute Gasteiger partial charge is 0.508 e. The topological polar surface area (TPSA) is 49.3 Å². The van der Waals surface area contributed by atoms with Crippen LogP contribution in [0.3, 0.4) is 0 Å². The Morgan fingerprint density at radius 2 is 1.58 bits per heavy atom. The summed E-state index contributed by atoms with van der Waals surface area (Å²) >= 11 is 5.69. The second kappa shape index (κ2) is 6.25. The van der Waals surface area contributed by atoms with Gasteiger partial charge in [-0.2, -0.15) is 0 Å². The lowest BCUT2D eigenvalue weighted by atomic mass is 10.1. The number of hydrogen-bond acceptors (Lipinski definition) is 2. The van der Waals surface area contributed by atoms with Crippen LogP contribution in [0.5, 0.6) is 5.75 Å². The average molecular weight is 276 g/mol. The quantitative estimate of drug-likeness (QED) is 0.843. The van der Waals surface area contributed by atoms with Crippen molar-refractivity contribution in [3.8, 4) is 5.75 Å². The van der Waals surface area contributed by atoms with E-state index in [0.717, 1.165) is 11.1 Å². The summed E-state index contributed by atoms with van der Waals surface area (Å²) in [5, 5.41) is 12.0. The zero-order valence-corrected chi connectivity index (χ0v) is 11.0. The fourth-order valence-electron chi connectivity index (χ4n) is 1.64. The molecule has 0 aromatic heterocycles. The molecule has 0 heterocycles. The van der Waals surface area contributed by atoms with E-state index in [1.165, 1.54) is 0 Å². The van der Waals surface area contributed by atoms with E-state index < -0.39 is 0 Å². The lowest BCUT2D eigenvalue weighted by Gasteiger charge is -2.06. The highest BCUT2D eigenvalue weighted by Gasteiger charge is 2.04. The van der Waals surface area contributed by atoms with Crippen LogP contribution in [0.4, 0.5) is 0 Å². The number of phenols is 1. The van der Waals surface area contributed by atoms with E-state index >= 15 is 0 Å². The van der Waals surface area contributed by atoms with Crippen LogP contribution in [0.15, 0.2) is 48.5 Å². The van der Waals surface area contributed by atoms with Crippen LogP contribution in [0.1, 0.15) is 21.5 Å². The summed E-state index contributed by atoms with van der Waals surface area (Å²) < 4.78 is 0. The number of carbonyl (C=O) groups is 1. The maximum atomic E-state index is 11.9. The van der Waals surface area contributed by atoms with Gasteiger partial charge in [-0.05, 0) is 35.4 Å². The molecule has 2 N–H and O–H groups in total. The third-order valence-corrected chi connectivity index (χ3v) is 3.07. The van der Waals surface area contributed by atoms with Crippen molar-refractivity contribution in [1.29, 1.82) is 0 Å². The lowest BCUT2D eigenvalue weighted by molar-refractivity contribution is 0.0951. The van der Waals surface area contributed by atoms with Crippen molar-refractivity contribution in [2.24, 2.45) is 0 Å². The van der Waals surface area contributed by atoms with Gasteiger partial charge < -0.3 is 10.4 Å². The molecule has 0 atom stereocenters. The molecule has 2 rings (SSSR count). The number of alkyl halides is 1. The molecular weight excluding hydrogens is 262 g/mol. The van der Waals surface area contributed by atoms with Gasteiger partial charge in [0.15, 0.2) is 0 Å². The SMILES string of the molecule is O=C(NCc1ccc(O)cc1)c1ccc(CCl)cc1. The van der Waals surface area contributed by atoms with Gasteiger partial charge in [0.05, 0.1) is 0 Å². The number of aromatic hydroxyl groups is 1. The zero-order valence-electron chi connectivity index (χ0n) is 10.3. The smallest absolute Gasteiger partial charge is 0.251 e. The molecule has 0 aliphatic rings. The van der Waals surface area contributed by atoms with Crippen molar-refractivity contribution in [2.75, 3.05) is 0 Å². The monoisotopic (exact) mass is 275 g/mol. The van der Waals surface area contributed by atoms with Gasteiger partial charge in [0, 0.05) is 18.0 Å². The van der Waals surface area contributed by atoms with E-state index in [-0.39, 0.29) is 11.7 Å². The summed E-state index contributed by atoms with van der Waals surface area (Å²) in [6.07, 6.45) is 0. The minimum Gasteiger partial charge on any atom is -0.508 e. The third kappa shape index (κ3) is 3.73. The Bertz CT molecular complexity index is 549. The van der Waals surface area contributed by atoms with Crippen LogP contribution in [-0.2, 0) is 12.4 Å². The van der Waals surface area contributed by atoms with Crippen LogP contribution in [-0.4, -0.2) is 11.0 Å². The van der Waals surface area contributed by atoms with Crippen LogP contribution < -0.4 is 5.32 Å². The highest BCUT2D eigenvalue weighted by molar-refractivity contribution is 6.17. The molecule has 0 aliphatic carbocycles. The summed E-state index contributed by atoms with van der Waals surface area (Å²) in [6, 6.07) is 13.9. The van der Waals surface area contributed by atoms with E-state index in [2.05, 4.69) is 5.32 Å². The summed E-state index contributed by atoms with van der Waals surface area (Å²) in [4.78, 5) is 11.9. The van der Waals surface area contributed by atoms with Gasteiger partial charge in [0.2, 0.25) is 0 Å². The fraction of sp³-hybridized carbons (Fsp3) is 0.133. The first kappa shape index (κ1) is 13.4. The Balaban J connectivity index is 1.95. The number of benzene rings is 2. The summed E-state index contributed by atoms with van der Waals surface area (Å²) in [7, 11) is 0. The summed E-state index contributed by atoms with van der Waals surface area (Å²) in [5.74, 6) is 0.524. The van der Waals surface area contributed by atoms with Gasteiger partial charge in [0.1, 0.15) is 5.75 Å². The number of amides is 1. The Morgan fingerprint density at radius 1 is 1.00 bits per heavy atom. The molecule has 0 unspecified atom stereocenters. The summed E-state index contributed by atoms with van der Waals surface area (Å²) in [5.41, 5.74) is 2.52. The highest BCUT2D eigenvalue weighted by atomic mass is 35.5.